The lowest BCUT2D eigenvalue weighted by Crippen LogP contribution is -2.42. The summed E-state index contributed by atoms with van der Waals surface area (Å²) in [4.78, 5) is 20.1. The molecule has 186 valence electrons. The summed E-state index contributed by atoms with van der Waals surface area (Å²) in [5.74, 6) is 0.911. The number of nitrogens with zero attached hydrogens (tertiary/aromatic N) is 3. The number of allylic oxidation sites excluding steroid dienone is 1. The molecule has 5 aromatic rings. The van der Waals surface area contributed by atoms with E-state index in [0.29, 0.717) is 5.69 Å². The molecule has 0 saturated carbocycles. The highest BCUT2D eigenvalue weighted by Gasteiger charge is 2.30. The molecule has 0 unspecified atom stereocenters. The molecule has 3 heterocycles. The van der Waals surface area contributed by atoms with Gasteiger partial charge in [0.1, 0.15) is 16.7 Å². The van der Waals surface area contributed by atoms with E-state index >= 15 is 0 Å². The zero-order valence-corrected chi connectivity index (χ0v) is 22.3. The number of piperidine rings is 1. The highest BCUT2D eigenvalue weighted by molar-refractivity contribution is 9.10. The summed E-state index contributed by atoms with van der Waals surface area (Å²) in [6.07, 6.45) is 7.46. The third kappa shape index (κ3) is 4.79. The summed E-state index contributed by atoms with van der Waals surface area (Å²) in [6, 6.07) is 26.5. The molecule has 5 nitrogen and oxygen atoms in total. The first-order valence-electron chi connectivity index (χ1n) is 13.0. The van der Waals surface area contributed by atoms with E-state index in [4.69, 9.17) is 0 Å². The normalized spacial score (nSPS) is 14.7. The monoisotopic (exact) mass is 553 g/mol. The number of H-pyrrole nitrogens is 1. The van der Waals surface area contributed by atoms with Gasteiger partial charge in [0.15, 0.2) is 5.69 Å². The molecule has 1 aliphatic rings. The number of nitrogens with one attached hydrogen (secondary N) is 1. The Morgan fingerprint density at radius 1 is 0.919 bits per heavy atom. The number of hydrogen-bond acceptors (Lipinski definition) is 2. The third-order valence-electron chi connectivity index (χ3n) is 7.26. The van der Waals surface area contributed by atoms with Crippen molar-refractivity contribution in [1.82, 2.24) is 14.3 Å². The number of rotatable bonds is 7. The zero-order chi connectivity index (χ0) is 25.2. The van der Waals surface area contributed by atoms with Gasteiger partial charge >= 0.3 is 5.78 Å². The van der Waals surface area contributed by atoms with Crippen LogP contribution in [-0.4, -0.2) is 39.7 Å². The predicted octanol–water partition coefficient (Wildman–Crippen LogP) is 6.52. The van der Waals surface area contributed by atoms with Crippen molar-refractivity contribution >= 4 is 44.6 Å². The first-order valence-corrected chi connectivity index (χ1v) is 13.8. The lowest BCUT2D eigenvalue weighted by atomic mass is 10.1. The fraction of sp³-hybridized carbons (Fsp3) is 0.226. The Bertz CT molecular complexity index is 1570. The van der Waals surface area contributed by atoms with Crippen LogP contribution in [0.3, 0.4) is 0 Å². The third-order valence-corrected chi connectivity index (χ3v) is 7.79. The molecule has 0 spiro atoms. The van der Waals surface area contributed by atoms with Gasteiger partial charge in [0.05, 0.1) is 6.54 Å². The standard InChI is InChI=1S/C31H29BrN4O/c32-25-16-13-23(14-17-25)15-18-28(37)30-29(24-9-3-1-4-10-24)33-31-35(22-21-34-19-7-2-8-20-34)26-11-5-6-12-27(26)36(30)31/h1,3-6,9-18H,2,7-8,19-22H2/p+1. The maximum absolute atomic E-state index is 13.9. The number of likely N-dealkylation sites (tertiary alicyclic amines) is 1. The van der Waals surface area contributed by atoms with Crippen LogP contribution in [-0.2, 0) is 6.54 Å². The predicted molar refractivity (Wildman–Crippen MR) is 153 cm³/mol. The van der Waals surface area contributed by atoms with Crippen molar-refractivity contribution in [3.05, 3.63) is 101 Å². The average molecular weight is 555 g/mol. The lowest BCUT2D eigenvalue weighted by molar-refractivity contribution is -0.647. The largest absolute Gasteiger partial charge is 0.368 e. The SMILES string of the molecule is O=C(C=Cc1ccc(Br)cc1)c1c(-c2ccccc2)[nH]c2n1c1ccccc1[n+]2CCN1CCCCC1. The molecule has 6 rings (SSSR count). The van der Waals surface area contributed by atoms with Crippen molar-refractivity contribution in [3.8, 4) is 11.3 Å². The molecule has 2 aromatic heterocycles. The number of aromatic amines is 1. The minimum Gasteiger partial charge on any atom is -0.300 e. The second-order valence-electron chi connectivity index (χ2n) is 9.67. The van der Waals surface area contributed by atoms with E-state index in [1.807, 2.05) is 54.6 Å². The van der Waals surface area contributed by atoms with Crippen molar-refractivity contribution in [1.29, 1.82) is 0 Å². The number of halogens is 1. The highest BCUT2D eigenvalue weighted by atomic mass is 79.9. The molecule has 0 bridgehead atoms. The van der Waals surface area contributed by atoms with Crippen LogP contribution in [0.5, 0.6) is 0 Å². The van der Waals surface area contributed by atoms with Crippen molar-refractivity contribution in [3.63, 3.8) is 0 Å². The Labute approximate surface area is 225 Å². The number of para-hydroxylation sites is 2. The molecule has 1 aliphatic heterocycles. The van der Waals surface area contributed by atoms with Gasteiger partial charge in [-0.1, -0.05) is 83.0 Å². The van der Waals surface area contributed by atoms with Crippen LogP contribution in [0.4, 0.5) is 0 Å². The van der Waals surface area contributed by atoms with Gasteiger partial charge in [-0.25, -0.2) is 9.55 Å². The Kier molecular flexibility index (Phi) is 6.77. The number of fused-ring (bicyclic) bond motifs is 3. The lowest BCUT2D eigenvalue weighted by Gasteiger charge is -2.25. The van der Waals surface area contributed by atoms with E-state index in [9.17, 15) is 4.79 Å². The van der Waals surface area contributed by atoms with Gasteiger partial charge in [0, 0.05) is 16.6 Å². The number of aromatic nitrogens is 3. The summed E-state index contributed by atoms with van der Waals surface area (Å²) in [5, 5.41) is 0. The van der Waals surface area contributed by atoms with Crippen molar-refractivity contribution in [2.45, 2.75) is 25.8 Å². The van der Waals surface area contributed by atoms with Crippen LogP contribution < -0.4 is 4.57 Å². The smallest absolute Gasteiger partial charge is 0.300 e. The Hall–Kier alpha value is -3.48. The van der Waals surface area contributed by atoms with Gasteiger partial charge in [-0.15, -0.1) is 0 Å². The van der Waals surface area contributed by atoms with Gasteiger partial charge < -0.3 is 4.90 Å². The van der Waals surface area contributed by atoms with E-state index in [0.717, 1.165) is 51.2 Å². The molecular formula is C31H30BrN4O+. The Balaban J connectivity index is 1.48. The maximum Gasteiger partial charge on any atom is 0.368 e. The molecule has 1 N–H and O–H groups in total. The summed E-state index contributed by atoms with van der Waals surface area (Å²) in [7, 11) is 0. The van der Waals surface area contributed by atoms with Gasteiger partial charge in [0.2, 0.25) is 5.78 Å². The Morgan fingerprint density at radius 3 is 2.43 bits per heavy atom. The molecule has 37 heavy (non-hydrogen) atoms. The number of benzene rings is 3. The molecule has 1 saturated heterocycles. The van der Waals surface area contributed by atoms with E-state index in [1.165, 1.54) is 32.4 Å². The van der Waals surface area contributed by atoms with Crippen molar-refractivity contribution in [2.24, 2.45) is 0 Å². The number of imidazole rings is 2. The summed E-state index contributed by atoms with van der Waals surface area (Å²) in [6.45, 7) is 4.20. The second kappa shape index (κ2) is 10.5. The van der Waals surface area contributed by atoms with Gasteiger partial charge in [-0.3, -0.25) is 4.79 Å². The minimum atomic E-state index is -0.0306. The van der Waals surface area contributed by atoms with E-state index in [1.54, 1.807) is 6.08 Å². The first kappa shape index (κ1) is 23.9. The molecule has 6 heteroatoms. The second-order valence-corrected chi connectivity index (χ2v) is 10.6. The summed E-state index contributed by atoms with van der Waals surface area (Å²) >= 11 is 3.48. The molecule has 1 fully saturated rings. The average Bonchev–Trinajstić information content (AvgIpc) is 3.48. The molecule has 3 aromatic carbocycles. The van der Waals surface area contributed by atoms with Crippen molar-refractivity contribution in [2.75, 3.05) is 19.6 Å². The molecule has 0 atom stereocenters. The molecular weight excluding hydrogens is 524 g/mol. The fourth-order valence-electron chi connectivity index (χ4n) is 5.39. The highest BCUT2D eigenvalue weighted by Crippen LogP contribution is 2.28. The minimum absolute atomic E-state index is 0.0306. The van der Waals surface area contributed by atoms with Gasteiger partial charge in [-0.05, 0) is 61.8 Å². The van der Waals surface area contributed by atoms with E-state index < -0.39 is 0 Å². The van der Waals surface area contributed by atoms with Crippen LogP contribution >= 0.6 is 15.9 Å². The summed E-state index contributed by atoms with van der Waals surface area (Å²) < 4.78 is 5.47. The molecule has 0 amide bonds. The van der Waals surface area contributed by atoms with Crippen LogP contribution in [0, 0.1) is 0 Å². The molecule has 0 radical (unpaired) electrons. The fourth-order valence-corrected chi connectivity index (χ4v) is 5.65. The first-order chi connectivity index (χ1) is 18.2. The van der Waals surface area contributed by atoms with Gasteiger partial charge in [-0.2, -0.15) is 4.40 Å². The number of hydrogen-bond donors (Lipinski definition) is 1. The maximum atomic E-state index is 13.9. The molecule has 0 aliphatic carbocycles. The van der Waals surface area contributed by atoms with Crippen LogP contribution in [0.25, 0.3) is 34.1 Å². The van der Waals surface area contributed by atoms with Crippen molar-refractivity contribution < 1.29 is 9.36 Å². The van der Waals surface area contributed by atoms with E-state index in [2.05, 4.69) is 65.1 Å². The van der Waals surface area contributed by atoms with Crippen LogP contribution in [0.15, 0.2) is 89.4 Å². The number of carbonyl (C=O) groups excluding carboxylic acids is 1. The Morgan fingerprint density at radius 2 is 1.65 bits per heavy atom. The van der Waals surface area contributed by atoms with Crippen LogP contribution in [0.2, 0.25) is 0 Å². The van der Waals surface area contributed by atoms with Crippen LogP contribution in [0.1, 0.15) is 35.3 Å². The van der Waals surface area contributed by atoms with E-state index in [-0.39, 0.29) is 5.78 Å². The quantitative estimate of drug-likeness (QED) is 0.142. The topological polar surface area (TPSA) is 44.4 Å². The zero-order valence-electron chi connectivity index (χ0n) is 20.7. The summed E-state index contributed by atoms with van der Waals surface area (Å²) in [5.41, 5.74) is 5.66. The number of ketones is 1. The number of carbonyl (C=O) groups is 1. The van der Waals surface area contributed by atoms with Gasteiger partial charge in [0.25, 0.3) is 0 Å².